The summed E-state index contributed by atoms with van der Waals surface area (Å²) in [5, 5.41) is 11.5. The van der Waals surface area contributed by atoms with E-state index in [-0.39, 0.29) is 5.91 Å². The lowest BCUT2D eigenvalue weighted by molar-refractivity contribution is 0.0953. The number of rotatable bonds is 5. The topological polar surface area (TPSA) is 68.0 Å². The van der Waals surface area contributed by atoms with E-state index in [2.05, 4.69) is 15.5 Å². The van der Waals surface area contributed by atoms with E-state index in [4.69, 9.17) is 16.0 Å². The molecule has 0 saturated carbocycles. The molecule has 24 heavy (non-hydrogen) atoms. The summed E-state index contributed by atoms with van der Waals surface area (Å²) in [4.78, 5) is 12.1. The number of hydrogen-bond donors (Lipinski definition) is 1. The Hall–Kier alpha value is -2.66. The maximum Gasteiger partial charge on any atom is 0.251 e. The fraction of sp³-hybridized carbons (Fsp3) is 0.167. The largest absolute Gasteiger partial charge is 0.421 e. The number of amides is 1. The molecule has 1 heterocycles. The summed E-state index contributed by atoms with van der Waals surface area (Å²) >= 11 is 5.96. The molecule has 0 fully saturated rings. The predicted octanol–water partition coefficient (Wildman–Crippen LogP) is 3.67. The van der Waals surface area contributed by atoms with Crippen molar-refractivity contribution in [2.75, 3.05) is 6.54 Å². The molecule has 122 valence electrons. The van der Waals surface area contributed by atoms with Gasteiger partial charge in [0.1, 0.15) is 0 Å². The van der Waals surface area contributed by atoms with Gasteiger partial charge in [0.2, 0.25) is 11.8 Å². The molecule has 0 spiro atoms. The Labute approximate surface area is 144 Å². The van der Waals surface area contributed by atoms with Crippen LogP contribution in [0, 0.1) is 6.92 Å². The molecule has 1 aromatic heterocycles. The summed E-state index contributed by atoms with van der Waals surface area (Å²) in [5.41, 5.74) is 2.32. The summed E-state index contributed by atoms with van der Waals surface area (Å²) in [6.07, 6.45) is 0.470. The van der Waals surface area contributed by atoms with Crippen molar-refractivity contribution in [3.63, 3.8) is 0 Å². The minimum Gasteiger partial charge on any atom is -0.421 e. The Balaban J connectivity index is 1.56. The second-order valence-electron chi connectivity index (χ2n) is 5.34. The normalized spacial score (nSPS) is 10.6. The Morgan fingerprint density at radius 3 is 2.71 bits per heavy atom. The fourth-order valence-electron chi connectivity index (χ4n) is 2.22. The first-order valence-corrected chi connectivity index (χ1v) is 7.93. The molecule has 0 radical (unpaired) electrons. The van der Waals surface area contributed by atoms with E-state index in [1.54, 1.807) is 18.2 Å². The van der Waals surface area contributed by atoms with Gasteiger partial charge in [-0.15, -0.1) is 10.2 Å². The zero-order valence-electron chi connectivity index (χ0n) is 13.1. The van der Waals surface area contributed by atoms with Gasteiger partial charge in [0.15, 0.2) is 0 Å². The van der Waals surface area contributed by atoms with Gasteiger partial charge in [0.05, 0.1) is 0 Å². The van der Waals surface area contributed by atoms with Gasteiger partial charge in [0.25, 0.3) is 5.91 Å². The van der Waals surface area contributed by atoms with Crippen molar-refractivity contribution in [1.82, 2.24) is 15.5 Å². The molecule has 3 rings (SSSR count). The third-order valence-electron chi connectivity index (χ3n) is 3.53. The van der Waals surface area contributed by atoms with Gasteiger partial charge < -0.3 is 9.73 Å². The van der Waals surface area contributed by atoms with E-state index < -0.39 is 0 Å². The molecule has 0 aliphatic heterocycles. The van der Waals surface area contributed by atoms with Gasteiger partial charge in [-0.05, 0) is 42.8 Å². The van der Waals surface area contributed by atoms with Gasteiger partial charge in [-0.1, -0.05) is 29.8 Å². The van der Waals surface area contributed by atoms with E-state index in [9.17, 15) is 4.79 Å². The third-order valence-corrected chi connectivity index (χ3v) is 3.96. The van der Waals surface area contributed by atoms with Crippen molar-refractivity contribution in [3.8, 4) is 11.5 Å². The van der Waals surface area contributed by atoms with Gasteiger partial charge in [0, 0.05) is 29.1 Å². The maximum absolute atomic E-state index is 12.1. The van der Waals surface area contributed by atoms with Crippen molar-refractivity contribution >= 4 is 17.5 Å². The molecular weight excluding hydrogens is 326 g/mol. The summed E-state index contributed by atoms with van der Waals surface area (Å²) in [5.74, 6) is 0.809. The Kier molecular flexibility index (Phi) is 4.91. The molecule has 0 aliphatic rings. The molecule has 0 saturated heterocycles. The van der Waals surface area contributed by atoms with Crippen molar-refractivity contribution in [2.45, 2.75) is 13.3 Å². The van der Waals surface area contributed by atoms with Crippen LogP contribution < -0.4 is 5.32 Å². The number of nitrogens with one attached hydrogen (secondary N) is 1. The average Bonchev–Trinajstić information content (AvgIpc) is 3.07. The van der Waals surface area contributed by atoms with Crippen LogP contribution in [0.15, 0.2) is 52.9 Å². The molecule has 0 bridgehead atoms. The SMILES string of the molecule is Cc1cc(C(=O)NCCc2nnc(-c3ccccc3)o2)ccc1Cl. The van der Waals surface area contributed by atoms with Crippen LogP contribution in [0.25, 0.3) is 11.5 Å². The highest BCUT2D eigenvalue weighted by atomic mass is 35.5. The van der Waals surface area contributed by atoms with E-state index in [1.807, 2.05) is 37.3 Å². The monoisotopic (exact) mass is 341 g/mol. The van der Waals surface area contributed by atoms with Crippen molar-refractivity contribution in [1.29, 1.82) is 0 Å². The molecule has 0 unspecified atom stereocenters. The Morgan fingerprint density at radius 2 is 1.96 bits per heavy atom. The molecule has 6 heteroatoms. The number of nitrogens with zero attached hydrogens (tertiary/aromatic N) is 2. The first kappa shape index (κ1) is 16.2. The molecule has 5 nitrogen and oxygen atoms in total. The lowest BCUT2D eigenvalue weighted by atomic mass is 10.1. The number of benzene rings is 2. The molecule has 0 aliphatic carbocycles. The Morgan fingerprint density at radius 1 is 1.17 bits per heavy atom. The van der Waals surface area contributed by atoms with E-state index in [1.165, 1.54) is 0 Å². The molecule has 3 aromatic rings. The fourth-order valence-corrected chi connectivity index (χ4v) is 2.34. The second kappa shape index (κ2) is 7.27. The second-order valence-corrected chi connectivity index (χ2v) is 5.74. The van der Waals surface area contributed by atoms with Crippen LogP contribution in [-0.2, 0) is 6.42 Å². The predicted molar refractivity (Wildman–Crippen MR) is 92.0 cm³/mol. The van der Waals surface area contributed by atoms with Gasteiger partial charge in [-0.2, -0.15) is 0 Å². The molecule has 0 atom stereocenters. The van der Waals surface area contributed by atoms with Crippen LogP contribution in [0.2, 0.25) is 5.02 Å². The lowest BCUT2D eigenvalue weighted by Crippen LogP contribution is -2.25. The van der Waals surface area contributed by atoms with Crippen LogP contribution in [-0.4, -0.2) is 22.6 Å². The number of carbonyl (C=O) groups excluding carboxylic acids is 1. The third kappa shape index (κ3) is 3.81. The zero-order valence-corrected chi connectivity index (χ0v) is 13.9. The summed E-state index contributed by atoms with van der Waals surface area (Å²) in [6, 6.07) is 14.7. The standard InChI is InChI=1S/C18H16ClN3O2/c1-12-11-14(7-8-15(12)19)17(23)20-10-9-16-21-22-18(24-16)13-5-3-2-4-6-13/h2-8,11H,9-10H2,1H3,(H,20,23). The summed E-state index contributed by atoms with van der Waals surface area (Å²) < 4.78 is 5.60. The smallest absolute Gasteiger partial charge is 0.251 e. The van der Waals surface area contributed by atoms with Crippen LogP contribution >= 0.6 is 11.6 Å². The average molecular weight is 342 g/mol. The van der Waals surface area contributed by atoms with E-state index in [0.717, 1.165) is 11.1 Å². The Bertz CT molecular complexity index is 846. The summed E-state index contributed by atoms with van der Waals surface area (Å²) in [7, 11) is 0. The number of halogens is 1. The summed E-state index contributed by atoms with van der Waals surface area (Å²) in [6.45, 7) is 2.28. The minimum atomic E-state index is -0.155. The number of carbonyl (C=O) groups is 1. The van der Waals surface area contributed by atoms with Crippen molar-refractivity contribution in [3.05, 3.63) is 70.6 Å². The number of aryl methyl sites for hydroxylation is 1. The van der Waals surface area contributed by atoms with Crippen LogP contribution in [0.3, 0.4) is 0 Å². The zero-order chi connectivity index (χ0) is 16.9. The van der Waals surface area contributed by atoms with Crippen LogP contribution in [0.1, 0.15) is 21.8 Å². The van der Waals surface area contributed by atoms with Crippen molar-refractivity contribution < 1.29 is 9.21 Å². The minimum absolute atomic E-state index is 0.155. The number of aromatic nitrogens is 2. The quantitative estimate of drug-likeness (QED) is 0.768. The molecule has 1 amide bonds. The molecule has 1 N–H and O–H groups in total. The van der Waals surface area contributed by atoms with E-state index >= 15 is 0 Å². The first-order chi connectivity index (χ1) is 11.6. The lowest BCUT2D eigenvalue weighted by Gasteiger charge is -2.05. The van der Waals surface area contributed by atoms with E-state index in [0.29, 0.717) is 35.3 Å². The first-order valence-electron chi connectivity index (χ1n) is 7.55. The number of hydrogen-bond acceptors (Lipinski definition) is 4. The highest BCUT2D eigenvalue weighted by Crippen LogP contribution is 2.17. The van der Waals surface area contributed by atoms with Gasteiger partial charge in [-0.25, -0.2) is 0 Å². The molecular formula is C18H16ClN3O2. The van der Waals surface area contributed by atoms with Gasteiger partial charge in [-0.3, -0.25) is 4.79 Å². The maximum atomic E-state index is 12.1. The van der Waals surface area contributed by atoms with Gasteiger partial charge >= 0.3 is 0 Å². The highest BCUT2D eigenvalue weighted by molar-refractivity contribution is 6.31. The highest BCUT2D eigenvalue weighted by Gasteiger charge is 2.10. The van der Waals surface area contributed by atoms with Crippen LogP contribution in [0.5, 0.6) is 0 Å². The van der Waals surface area contributed by atoms with Crippen LogP contribution in [0.4, 0.5) is 0 Å². The molecule has 2 aromatic carbocycles. The van der Waals surface area contributed by atoms with Crippen molar-refractivity contribution in [2.24, 2.45) is 0 Å².